The number of hydrogen-bond donors (Lipinski definition) is 0. The average Bonchev–Trinajstić information content (AvgIpc) is 3.10. The van der Waals surface area contributed by atoms with Crippen molar-refractivity contribution in [2.24, 2.45) is 11.0 Å². The Labute approximate surface area is 176 Å². The summed E-state index contributed by atoms with van der Waals surface area (Å²) in [4.78, 5) is 16.6. The highest BCUT2D eigenvalue weighted by Crippen LogP contribution is 2.35. The van der Waals surface area contributed by atoms with Crippen LogP contribution in [-0.4, -0.2) is 78.0 Å². The van der Waals surface area contributed by atoms with Gasteiger partial charge in [-0.2, -0.15) is 5.10 Å². The summed E-state index contributed by atoms with van der Waals surface area (Å²) < 4.78 is 5.53. The molecule has 3 aliphatic rings. The molecule has 0 aromatic rings. The Balaban J connectivity index is 1.52. The van der Waals surface area contributed by atoms with Crippen LogP contribution in [-0.2, 0) is 4.74 Å². The SMILES string of the molecule is CCN(CC)CCN1N=CC2=CC=C(C3CCN(C(=O)OC(C)(C)C)CC3)CC21. The zero-order chi connectivity index (χ0) is 21.0. The van der Waals surface area contributed by atoms with E-state index in [2.05, 4.69) is 41.0 Å². The number of likely N-dealkylation sites (tertiary alicyclic amines) is 1. The van der Waals surface area contributed by atoms with E-state index in [0.717, 1.165) is 58.5 Å². The summed E-state index contributed by atoms with van der Waals surface area (Å²) in [6, 6.07) is 0.384. The van der Waals surface area contributed by atoms with E-state index in [1.165, 1.54) is 11.1 Å². The van der Waals surface area contributed by atoms with Crippen LogP contribution >= 0.6 is 0 Å². The molecule has 0 N–H and O–H groups in total. The second-order valence-corrected chi connectivity index (χ2v) is 9.30. The van der Waals surface area contributed by atoms with Gasteiger partial charge in [0.05, 0.1) is 12.3 Å². The predicted octanol–water partition coefficient (Wildman–Crippen LogP) is 3.90. The quantitative estimate of drug-likeness (QED) is 0.676. The lowest BCUT2D eigenvalue weighted by Crippen LogP contribution is -2.42. The van der Waals surface area contributed by atoms with E-state index >= 15 is 0 Å². The van der Waals surface area contributed by atoms with Crippen LogP contribution in [0.5, 0.6) is 0 Å². The zero-order valence-corrected chi connectivity index (χ0v) is 18.9. The van der Waals surface area contributed by atoms with Crippen molar-refractivity contribution >= 4 is 12.3 Å². The van der Waals surface area contributed by atoms with E-state index < -0.39 is 5.60 Å². The molecule has 0 spiro atoms. The molecule has 0 bridgehead atoms. The second-order valence-electron chi connectivity index (χ2n) is 9.30. The molecule has 1 fully saturated rings. The fourth-order valence-corrected chi connectivity index (χ4v) is 4.41. The van der Waals surface area contributed by atoms with Gasteiger partial charge in [-0.05, 0) is 64.6 Å². The molecule has 0 radical (unpaired) electrons. The second kappa shape index (κ2) is 9.33. The minimum absolute atomic E-state index is 0.178. The number of carbonyl (C=O) groups is 1. The maximum atomic E-state index is 12.3. The van der Waals surface area contributed by atoms with Crippen LogP contribution < -0.4 is 0 Å². The van der Waals surface area contributed by atoms with Crippen molar-refractivity contribution in [1.29, 1.82) is 0 Å². The number of hydrogen-bond acceptors (Lipinski definition) is 5. The lowest BCUT2D eigenvalue weighted by atomic mass is 9.81. The summed E-state index contributed by atoms with van der Waals surface area (Å²) in [5, 5.41) is 6.95. The van der Waals surface area contributed by atoms with Gasteiger partial charge in [-0.15, -0.1) is 0 Å². The van der Waals surface area contributed by atoms with Gasteiger partial charge in [0.15, 0.2) is 0 Å². The van der Waals surface area contributed by atoms with Crippen molar-refractivity contribution in [2.75, 3.05) is 39.3 Å². The molecule has 0 aromatic carbocycles. The summed E-state index contributed by atoms with van der Waals surface area (Å²) in [5.74, 6) is 0.553. The molecule has 1 aliphatic carbocycles. The number of hydrazone groups is 1. The summed E-state index contributed by atoms with van der Waals surface area (Å²) in [6.07, 6.45) is 9.50. The first kappa shape index (κ1) is 21.9. The summed E-state index contributed by atoms with van der Waals surface area (Å²) in [5.41, 5.74) is 2.42. The summed E-state index contributed by atoms with van der Waals surface area (Å²) in [6.45, 7) is 16.0. The number of rotatable bonds is 6. The summed E-state index contributed by atoms with van der Waals surface area (Å²) >= 11 is 0. The lowest BCUT2D eigenvalue weighted by molar-refractivity contribution is 0.0192. The van der Waals surface area contributed by atoms with Crippen LogP contribution in [0.2, 0.25) is 0 Å². The third kappa shape index (κ3) is 5.62. The molecule has 0 aromatic heterocycles. The van der Waals surface area contributed by atoms with Gasteiger partial charge in [-0.25, -0.2) is 4.79 Å². The van der Waals surface area contributed by atoms with E-state index in [1.54, 1.807) is 0 Å². The predicted molar refractivity (Wildman–Crippen MR) is 118 cm³/mol. The van der Waals surface area contributed by atoms with Crippen LogP contribution in [0.3, 0.4) is 0 Å². The van der Waals surface area contributed by atoms with Gasteiger partial charge in [0.2, 0.25) is 0 Å². The minimum atomic E-state index is -0.432. The number of nitrogens with zero attached hydrogens (tertiary/aromatic N) is 4. The number of fused-ring (bicyclic) bond motifs is 1. The van der Waals surface area contributed by atoms with Gasteiger partial charge in [0.1, 0.15) is 5.60 Å². The van der Waals surface area contributed by atoms with E-state index in [1.807, 2.05) is 31.9 Å². The number of allylic oxidation sites excluding steroid dienone is 2. The third-order valence-corrected chi connectivity index (χ3v) is 6.23. The highest BCUT2D eigenvalue weighted by molar-refractivity contribution is 5.83. The first-order valence-electron chi connectivity index (χ1n) is 11.2. The molecule has 1 unspecified atom stereocenters. The maximum absolute atomic E-state index is 12.3. The number of piperidine rings is 1. The number of amides is 1. The molecule has 2 aliphatic heterocycles. The molecule has 1 atom stereocenters. The zero-order valence-electron chi connectivity index (χ0n) is 18.9. The first-order chi connectivity index (χ1) is 13.8. The molecule has 0 saturated carbocycles. The Morgan fingerprint density at radius 1 is 1.21 bits per heavy atom. The standard InChI is InChI=1S/C23H38N4O2/c1-6-25(7-2)14-15-27-21-16-19(8-9-20(21)17-24-27)18-10-12-26(13-11-18)22(28)29-23(3,4)5/h8-9,17-18,21H,6-7,10-16H2,1-5H3. The Hall–Kier alpha value is -1.82. The van der Waals surface area contributed by atoms with Crippen molar-refractivity contribution in [1.82, 2.24) is 14.8 Å². The fraction of sp³-hybridized carbons (Fsp3) is 0.739. The van der Waals surface area contributed by atoms with E-state index in [9.17, 15) is 4.79 Å². The normalized spacial score (nSPS) is 22.6. The molecule has 3 rings (SSSR count). The van der Waals surface area contributed by atoms with E-state index in [-0.39, 0.29) is 6.09 Å². The monoisotopic (exact) mass is 402 g/mol. The highest BCUT2D eigenvalue weighted by atomic mass is 16.6. The molecule has 2 heterocycles. The van der Waals surface area contributed by atoms with Gasteiger partial charge in [0.25, 0.3) is 0 Å². The van der Waals surface area contributed by atoms with Crippen molar-refractivity contribution in [3.8, 4) is 0 Å². The average molecular weight is 403 g/mol. The van der Waals surface area contributed by atoms with E-state index in [4.69, 9.17) is 4.74 Å². The van der Waals surface area contributed by atoms with Crippen LogP contribution in [0.1, 0.15) is 53.9 Å². The number of likely N-dealkylation sites (N-methyl/N-ethyl adjacent to an activating group) is 1. The van der Waals surface area contributed by atoms with Crippen LogP contribution in [0.15, 0.2) is 28.4 Å². The van der Waals surface area contributed by atoms with Gasteiger partial charge >= 0.3 is 6.09 Å². The fourth-order valence-electron chi connectivity index (χ4n) is 4.41. The minimum Gasteiger partial charge on any atom is -0.444 e. The number of carbonyl (C=O) groups excluding carboxylic acids is 1. The van der Waals surface area contributed by atoms with Gasteiger partial charge < -0.3 is 14.5 Å². The van der Waals surface area contributed by atoms with Crippen LogP contribution in [0.4, 0.5) is 4.79 Å². The lowest BCUT2D eigenvalue weighted by Gasteiger charge is -2.36. The van der Waals surface area contributed by atoms with Crippen LogP contribution in [0, 0.1) is 5.92 Å². The molecule has 1 saturated heterocycles. The Morgan fingerprint density at radius 3 is 2.52 bits per heavy atom. The molecule has 29 heavy (non-hydrogen) atoms. The summed E-state index contributed by atoms with van der Waals surface area (Å²) in [7, 11) is 0. The van der Waals surface area contributed by atoms with Gasteiger partial charge in [0, 0.05) is 26.2 Å². The maximum Gasteiger partial charge on any atom is 0.410 e. The molecular weight excluding hydrogens is 364 g/mol. The van der Waals surface area contributed by atoms with E-state index in [0.29, 0.717) is 12.0 Å². The van der Waals surface area contributed by atoms with Gasteiger partial charge in [-0.3, -0.25) is 5.01 Å². The van der Waals surface area contributed by atoms with Crippen molar-refractivity contribution in [3.63, 3.8) is 0 Å². The van der Waals surface area contributed by atoms with Crippen molar-refractivity contribution < 1.29 is 9.53 Å². The molecule has 6 heteroatoms. The third-order valence-electron chi connectivity index (χ3n) is 6.23. The molecular formula is C23H38N4O2. The largest absolute Gasteiger partial charge is 0.444 e. The highest BCUT2D eigenvalue weighted by Gasteiger charge is 2.33. The van der Waals surface area contributed by atoms with Gasteiger partial charge in [-0.1, -0.05) is 31.6 Å². The Morgan fingerprint density at radius 2 is 1.90 bits per heavy atom. The van der Waals surface area contributed by atoms with Crippen molar-refractivity contribution in [3.05, 3.63) is 23.3 Å². The topological polar surface area (TPSA) is 48.4 Å². The number of ether oxygens (including phenoxy) is 1. The van der Waals surface area contributed by atoms with Crippen LogP contribution in [0.25, 0.3) is 0 Å². The molecule has 1 amide bonds. The molecule has 162 valence electrons. The molecule has 6 nitrogen and oxygen atoms in total. The smallest absolute Gasteiger partial charge is 0.410 e. The van der Waals surface area contributed by atoms with Crippen molar-refractivity contribution in [2.45, 2.75) is 65.5 Å². The first-order valence-corrected chi connectivity index (χ1v) is 11.2. The Bertz CT molecular complexity index is 665. The Kier molecular flexibility index (Phi) is 7.04.